The Balaban J connectivity index is 1.28. The highest BCUT2D eigenvalue weighted by molar-refractivity contribution is 5.69. The highest BCUT2D eigenvalue weighted by Crippen LogP contribution is 2.45. The number of hydrogen-bond acceptors (Lipinski definition) is 8. The molecule has 0 aromatic carbocycles. The molecule has 0 amide bonds. The molecule has 2 N–H and O–H groups in total. The second kappa shape index (κ2) is 8.28. The number of aromatic nitrogens is 3. The van der Waals surface area contributed by atoms with Gasteiger partial charge in [0.05, 0.1) is 5.69 Å². The fraction of sp³-hybridized carbons (Fsp3) is 0.696. The maximum absolute atomic E-state index is 12.5. The predicted molar refractivity (Wildman–Crippen MR) is 116 cm³/mol. The molecule has 2 saturated heterocycles. The molecule has 174 valence electrons. The van der Waals surface area contributed by atoms with Crippen LogP contribution in [0, 0.1) is 11.8 Å². The Hall–Kier alpha value is -2.23. The molecule has 3 aliphatic rings. The molecule has 2 aromatic heterocycles. The first-order chi connectivity index (χ1) is 15.3. The maximum atomic E-state index is 12.5. The molecule has 9 heteroatoms. The van der Waals surface area contributed by atoms with Crippen molar-refractivity contribution < 1.29 is 23.7 Å². The molecule has 1 saturated carbocycles. The van der Waals surface area contributed by atoms with E-state index in [0.29, 0.717) is 23.7 Å². The zero-order chi connectivity index (χ0) is 22.5. The van der Waals surface area contributed by atoms with Gasteiger partial charge in [-0.05, 0) is 50.7 Å². The van der Waals surface area contributed by atoms with Crippen molar-refractivity contribution in [1.29, 1.82) is 0 Å². The van der Waals surface area contributed by atoms with Crippen LogP contribution in [0.25, 0.3) is 5.52 Å². The number of hydrogen-bond donors (Lipinski definition) is 1. The summed E-state index contributed by atoms with van der Waals surface area (Å²) in [6.07, 6.45) is 4.92. The number of carbonyl (C=O) groups is 1. The summed E-state index contributed by atoms with van der Waals surface area (Å²) in [5, 5.41) is 4.33. The van der Waals surface area contributed by atoms with Gasteiger partial charge in [0.25, 0.3) is 0 Å². The van der Waals surface area contributed by atoms with Gasteiger partial charge in [-0.3, -0.25) is 4.79 Å². The quantitative estimate of drug-likeness (QED) is 0.701. The van der Waals surface area contributed by atoms with Crippen LogP contribution in [-0.4, -0.2) is 51.3 Å². The number of fused-ring (bicyclic) bond motifs is 2. The summed E-state index contributed by atoms with van der Waals surface area (Å²) < 4.78 is 26.0. The van der Waals surface area contributed by atoms with Gasteiger partial charge in [-0.1, -0.05) is 19.8 Å². The van der Waals surface area contributed by atoms with Gasteiger partial charge >= 0.3 is 5.97 Å². The third-order valence-corrected chi connectivity index (χ3v) is 6.95. The van der Waals surface area contributed by atoms with Crippen LogP contribution in [-0.2, 0) is 23.7 Å². The topological polar surface area (TPSA) is 110 Å². The molecule has 9 nitrogen and oxygen atoms in total. The summed E-state index contributed by atoms with van der Waals surface area (Å²) in [5.41, 5.74) is 7.49. The van der Waals surface area contributed by atoms with E-state index in [0.717, 1.165) is 24.5 Å². The second-order valence-electron chi connectivity index (χ2n) is 9.87. The Kier molecular flexibility index (Phi) is 5.59. The first kappa shape index (κ1) is 21.6. The van der Waals surface area contributed by atoms with E-state index >= 15 is 0 Å². The van der Waals surface area contributed by atoms with Crippen molar-refractivity contribution in [2.75, 3.05) is 12.3 Å². The number of nitrogens with zero attached hydrogens (tertiary/aromatic N) is 3. The highest BCUT2D eigenvalue weighted by Gasteiger charge is 2.56. The summed E-state index contributed by atoms with van der Waals surface area (Å²) in [4.78, 5) is 16.6. The number of carbonyl (C=O) groups excluding carboxylic acids is 1. The van der Waals surface area contributed by atoms with Gasteiger partial charge in [0.15, 0.2) is 11.6 Å². The largest absolute Gasteiger partial charge is 0.463 e. The lowest BCUT2D eigenvalue weighted by Gasteiger charge is -2.26. The summed E-state index contributed by atoms with van der Waals surface area (Å²) in [7, 11) is 0. The van der Waals surface area contributed by atoms with E-state index < -0.39 is 18.0 Å². The molecule has 1 aliphatic carbocycles. The number of nitrogen functional groups attached to an aromatic ring is 1. The smallest absolute Gasteiger partial charge is 0.306 e. The lowest BCUT2D eigenvalue weighted by atomic mass is 9.81. The summed E-state index contributed by atoms with van der Waals surface area (Å²) in [6, 6.07) is 3.78. The third-order valence-electron chi connectivity index (χ3n) is 6.95. The first-order valence-electron chi connectivity index (χ1n) is 11.6. The van der Waals surface area contributed by atoms with Crippen LogP contribution in [0.2, 0.25) is 0 Å². The summed E-state index contributed by atoms with van der Waals surface area (Å²) >= 11 is 0. The predicted octanol–water partition coefficient (Wildman–Crippen LogP) is 3.03. The van der Waals surface area contributed by atoms with Crippen LogP contribution in [0.15, 0.2) is 18.5 Å². The van der Waals surface area contributed by atoms with Crippen LogP contribution < -0.4 is 5.73 Å². The fourth-order valence-corrected chi connectivity index (χ4v) is 5.25. The molecular formula is C23H32N4O5. The number of rotatable bonds is 5. The molecule has 32 heavy (non-hydrogen) atoms. The van der Waals surface area contributed by atoms with Crippen LogP contribution >= 0.6 is 0 Å². The number of anilines is 1. The molecule has 4 atom stereocenters. The molecule has 0 bridgehead atoms. The minimum atomic E-state index is -0.751. The van der Waals surface area contributed by atoms with Gasteiger partial charge in [-0.25, -0.2) is 9.50 Å². The monoisotopic (exact) mass is 444 g/mol. The van der Waals surface area contributed by atoms with Gasteiger partial charge in [-0.2, -0.15) is 5.10 Å². The molecule has 0 radical (unpaired) electrons. The van der Waals surface area contributed by atoms with E-state index in [1.807, 2.05) is 26.0 Å². The first-order valence-corrected chi connectivity index (χ1v) is 11.6. The second-order valence-corrected chi connectivity index (χ2v) is 9.87. The zero-order valence-corrected chi connectivity index (χ0v) is 18.9. The zero-order valence-electron chi connectivity index (χ0n) is 18.9. The van der Waals surface area contributed by atoms with E-state index in [1.54, 1.807) is 4.52 Å². The third kappa shape index (κ3) is 4.09. The normalized spacial score (nSPS) is 34.0. The lowest BCUT2D eigenvalue weighted by molar-refractivity contribution is -0.194. The molecule has 2 aliphatic heterocycles. The number of nitrogens with two attached hydrogens (primary N) is 1. The number of ether oxygens (including phenoxy) is 4. The van der Waals surface area contributed by atoms with Crippen LogP contribution in [0.5, 0.6) is 0 Å². The van der Waals surface area contributed by atoms with E-state index in [2.05, 4.69) is 17.0 Å². The Morgan fingerprint density at radius 3 is 2.75 bits per heavy atom. The Labute approximate surface area is 187 Å². The highest BCUT2D eigenvalue weighted by atomic mass is 16.8. The van der Waals surface area contributed by atoms with Crippen molar-refractivity contribution >= 4 is 17.3 Å². The standard InChI is InChI=1S/C23H32N4O5/c1-13-4-6-14(7-5-13)10-18(28)29-11-17-20-21(32-23(2,3)31-20)19(30-17)15-8-9-16-22(24)25-12-26-27(15)16/h8-9,12-14,17,19-21H,4-7,10-11H2,1-3H3,(H2,24,25,26)/t13-,14-,17-,19+,20-,21+/m1/s1. The molecular weight excluding hydrogens is 412 g/mol. The van der Waals surface area contributed by atoms with Gasteiger partial charge in [-0.15, -0.1) is 0 Å². The van der Waals surface area contributed by atoms with Crippen molar-refractivity contribution in [3.8, 4) is 0 Å². The van der Waals surface area contributed by atoms with E-state index in [9.17, 15) is 4.79 Å². The van der Waals surface area contributed by atoms with Crippen molar-refractivity contribution in [2.24, 2.45) is 11.8 Å². The van der Waals surface area contributed by atoms with Crippen LogP contribution in [0.4, 0.5) is 5.82 Å². The van der Waals surface area contributed by atoms with Gasteiger partial charge in [0, 0.05) is 6.42 Å². The van der Waals surface area contributed by atoms with Crippen molar-refractivity contribution in [2.45, 2.75) is 83.1 Å². The number of esters is 1. The van der Waals surface area contributed by atoms with Gasteiger partial charge in [0.1, 0.15) is 42.9 Å². The van der Waals surface area contributed by atoms with Crippen LogP contribution in [0.1, 0.15) is 64.7 Å². The molecule has 2 aromatic rings. The fourth-order valence-electron chi connectivity index (χ4n) is 5.25. The minimum Gasteiger partial charge on any atom is -0.463 e. The summed E-state index contributed by atoms with van der Waals surface area (Å²) in [6.45, 7) is 6.18. The van der Waals surface area contributed by atoms with E-state index in [4.69, 9.17) is 24.7 Å². The van der Waals surface area contributed by atoms with Crippen LogP contribution in [0.3, 0.4) is 0 Å². The average Bonchev–Trinajstić information content (AvgIpc) is 3.40. The molecule has 5 rings (SSSR count). The van der Waals surface area contributed by atoms with E-state index in [1.165, 1.54) is 19.2 Å². The lowest BCUT2D eigenvalue weighted by Crippen LogP contribution is -2.34. The van der Waals surface area contributed by atoms with Gasteiger partial charge in [0.2, 0.25) is 0 Å². The van der Waals surface area contributed by atoms with Crippen molar-refractivity contribution in [3.63, 3.8) is 0 Å². The molecule has 0 spiro atoms. The van der Waals surface area contributed by atoms with Crippen molar-refractivity contribution in [3.05, 3.63) is 24.2 Å². The maximum Gasteiger partial charge on any atom is 0.306 e. The minimum absolute atomic E-state index is 0.138. The Morgan fingerprint density at radius 2 is 1.97 bits per heavy atom. The van der Waals surface area contributed by atoms with E-state index in [-0.39, 0.29) is 24.8 Å². The SMILES string of the molecule is CC1(C)O[C@@H]2[C@H](O1)[C@@H](COC(=O)C[C@H]1CC[C@H](C)CC1)O[C@H]2c1ccc2c(N)ncnn12. The Bertz CT molecular complexity index is 984. The Morgan fingerprint density at radius 1 is 1.22 bits per heavy atom. The van der Waals surface area contributed by atoms with Gasteiger partial charge < -0.3 is 24.7 Å². The summed E-state index contributed by atoms with van der Waals surface area (Å²) in [5.74, 6) is 0.661. The molecule has 0 unspecified atom stereocenters. The molecule has 4 heterocycles. The average molecular weight is 445 g/mol. The van der Waals surface area contributed by atoms with Crippen molar-refractivity contribution in [1.82, 2.24) is 14.6 Å². The molecule has 3 fully saturated rings.